The van der Waals surface area contributed by atoms with Gasteiger partial charge in [-0.05, 0) is 19.4 Å². The minimum Gasteiger partial charge on any atom is -0.507 e. The van der Waals surface area contributed by atoms with Crippen LogP contribution in [0, 0.1) is 11.6 Å². The molecule has 0 bridgehead atoms. The van der Waals surface area contributed by atoms with Crippen molar-refractivity contribution >= 4 is 11.8 Å². The molecule has 0 spiro atoms. The van der Waals surface area contributed by atoms with Gasteiger partial charge in [0.2, 0.25) is 0 Å². The number of hydrogen-bond acceptors (Lipinski definition) is 6. The Morgan fingerprint density at radius 3 is 2.87 bits per heavy atom. The maximum Gasteiger partial charge on any atom is 0.276 e. The Kier molecular flexibility index (Phi) is 5.20. The number of halogens is 2. The van der Waals surface area contributed by atoms with E-state index >= 15 is 0 Å². The third-order valence-electron chi connectivity index (χ3n) is 5.52. The zero-order chi connectivity index (χ0) is 21.6. The first-order valence-electron chi connectivity index (χ1n) is 9.54. The van der Waals surface area contributed by atoms with Gasteiger partial charge in [-0.25, -0.2) is 8.78 Å². The topological polar surface area (TPSA) is 102 Å². The fourth-order valence-corrected chi connectivity index (χ4v) is 3.87. The number of aliphatic hydroxyl groups excluding tert-OH is 2. The van der Waals surface area contributed by atoms with E-state index in [-0.39, 0.29) is 36.0 Å². The van der Waals surface area contributed by atoms with Crippen molar-refractivity contribution in [3.63, 3.8) is 0 Å². The van der Waals surface area contributed by atoms with Gasteiger partial charge in [0, 0.05) is 30.4 Å². The fourth-order valence-electron chi connectivity index (χ4n) is 3.87. The van der Waals surface area contributed by atoms with E-state index < -0.39 is 41.5 Å². The Balaban J connectivity index is 1.54. The van der Waals surface area contributed by atoms with Gasteiger partial charge in [-0.15, -0.1) is 0 Å². The maximum absolute atomic E-state index is 13.8. The van der Waals surface area contributed by atoms with Crippen molar-refractivity contribution in [3.05, 3.63) is 58.6 Å². The molecule has 1 aromatic carbocycles. The van der Waals surface area contributed by atoms with Crippen LogP contribution in [0.3, 0.4) is 0 Å². The normalized spacial score (nSPS) is 26.2. The predicted molar refractivity (Wildman–Crippen MR) is 99.3 cm³/mol. The molecule has 3 aliphatic rings. The molecule has 3 atom stereocenters. The Hall–Kier alpha value is -2.98. The summed E-state index contributed by atoms with van der Waals surface area (Å²) in [6.45, 7) is 2.30. The first kappa shape index (κ1) is 20.3. The predicted octanol–water partition coefficient (Wildman–Crippen LogP) is 0.888. The number of hydrogen-bond donors (Lipinski definition) is 3. The van der Waals surface area contributed by atoms with Crippen LogP contribution in [0.4, 0.5) is 8.78 Å². The number of ether oxygens (including phenoxy) is 1. The average molecular weight is 421 g/mol. The van der Waals surface area contributed by atoms with E-state index in [4.69, 9.17) is 4.74 Å². The summed E-state index contributed by atoms with van der Waals surface area (Å²) in [4.78, 5) is 28.4. The minimum absolute atomic E-state index is 0.0597. The second-order valence-corrected chi connectivity index (χ2v) is 7.47. The molecule has 2 amide bonds. The first-order chi connectivity index (χ1) is 14.3. The molecule has 2 fully saturated rings. The number of fused-ring (bicyclic) bond motifs is 2. The Morgan fingerprint density at radius 2 is 2.13 bits per heavy atom. The summed E-state index contributed by atoms with van der Waals surface area (Å²) in [7, 11) is 0. The zero-order valence-electron chi connectivity index (χ0n) is 16.1. The van der Waals surface area contributed by atoms with Crippen LogP contribution in [0.15, 0.2) is 41.4 Å². The number of benzene rings is 1. The first-order valence-corrected chi connectivity index (χ1v) is 9.54. The molecule has 1 unspecified atom stereocenters. The quantitative estimate of drug-likeness (QED) is 0.670. The Labute approximate surface area is 171 Å². The molecule has 30 heavy (non-hydrogen) atoms. The van der Waals surface area contributed by atoms with Gasteiger partial charge in [-0.3, -0.25) is 9.59 Å². The number of amides is 2. The van der Waals surface area contributed by atoms with Crippen molar-refractivity contribution in [2.24, 2.45) is 0 Å². The highest BCUT2D eigenvalue weighted by Gasteiger charge is 2.46. The van der Waals surface area contributed by atoms with Crippen molar-refractivity contribution in [2.75, 3.05) is 13.2 Å². The number of aliphatic hydroxyl groups is 2. The second-order valence-electron chi connectivity index (χ2n) is 7.47. The number of piperazine rings is 1. The summed E-state index contributed by atoms with van der Waals surface area (Å²) < 4.78 is 32.4. The van der Waals surface area contributed by atoms with E-state index in [9.17, 15) is 28.6 Å². The highest BCUT2D eigenvalue weighted by Crippen LogP contribution is 2.33. The summed E-state index contributed by atoms with van der Waals surface area (Å²) in [6.07, 6.45) is -0.311. The van der Waals surface area contributed by atoms with Crippen LogP contribution in [0.25, 0.3) is 0 Å². The number of carbonyl (C=O) groups excluding carboxylic acids is 2. The highest BCUT2D eigenvalue weighted by atomic mass is 19.1. The van der Waals surface area contributed by atoms with Crippen molar-refractivity contribution in [1.29, 1.82) is 0 Å². The van der Waals surface area contributed by atoms with Crippen molar-refractivity contribution in [2.45, 2.75) is 38.3 Å². The molecule has 3 aliphatic heterocycles. The van der Waals surface area contributed by atoms with Crippen LogP contribution in [0.1, 0.15) is 18.9 Å². The molecule has 2 saturated heterocycles. The molecular weight excluding hydrogens is 400 g/mol. The zero-order valence-corrected chi connectivity index (χ0v) is 16.1. The SMILES string of the molecule is C[C@H]1CCO[C@H]2CN3C=C(C(=O)NCc4ccc(F)cc4F)C(O)C(O)=C3C(=O)N21. The molecule has 8 nitrogen and oxygen atoms in total. The van der Waals surface area contributed by atoms with Crippen LogP contribution in [-0.4, -0.2) is 63.4 Å². The number of rotatable bonds is 3. The van der Waals surface area contributed by atoms with Crippen LogP contribution in [0.5, 0.6) is 0 Å². The summed E-state index contributed by atoms with van der Waals surface area (Å²) in [5.41, 5.74) is -0.245. The molecule has 160 valence electrons. The van der Waals surface area contributed by atoms with Gasteiger partial charge in [0.15, 0.2) is 12.0 Å². The van der Waals surface area contributed by atoms with Gasteiger partial charge >= 0.3 is 0 Å². The van der Waals surface area contributed by atoms with E-state index in [1.807, 2.05) is 6.92 Å². The van der Waals surface area contributed by atoms with Crippen LogP contribution < -0.4 is 5.32 Å². The highest BCUT2D eigenvalue weighted by molar-refractivity contribution is 5.99. The molecule has 0 aromatic heterocycles. The number of carbonyl (C=O) groups is 2. The van der Waals surface area contributed by atoms with E-state index in [1.165, 1.54) is 22.1 Å². The third kappa shape index (κ3) is 3.41. The summed E-state index contributed by atoms with van der Waals surface area (Å²) >= 11 is 0. The van der Waals surface area contributed by atoms with Gasteiger partial charge in [-0.1, -0.05) is 6.07 Å². The number of nitrogens with zero attached hydrogens (tertiary/aromatic N) is 2. The van der Waals surface area contributed by atoms with E-state index in [0.29, 0.717) is 19.1 Å². The summed E-state index contributed by atoms with van der Waals surface area (Å²) in [6, 6.07) is 2.88. The lowest BCUT2D eigenvalue weighted by molar-refractivity contribution is -0.171. The summed E-state index contributed by atoms with van der Waals surface area (Å²) in [5, 5.41) is 23.3. The average Bonchev–Trinajstić information content (AvgIpc) is 2.69. The van der Waals surface area contributed by atoms with E-state index in [1.54, 1.807) is 0 Å². The van der Waals surface area contributed by atoms with Crippen molar-refractivity contribution in [3.8, 4) is 0 Å². The standard InChI is InChI=1S/C20H21F2N3O5/c1-10-4-5-30-15-9-24-8-13(17(26)18(27)16(24)20(29)25(10)15)19(28)23-7-11-2-3-12(21)6-14(11)22/h2-3,6,8,10,15,17,26-27H,4-5,7,9H2,1H3,(H,23,28)/t10-,15-,17?/m0/s1. The second kappa shape index (κ2) is 7.69. The minimum atomic E-state index is -1.71. The van der Waals surface area contributed by atoms with Gasteiger partial charge in [0.05, 0.1) is 18.7 Å². The Morgan fingerprint density at radius 1 is 1.37 bits per heavy atom. The van der Waals surface area contributed by atoms with E-state index in [2.05, 4.69) is 5.32 Å². The molecule has 3 N–H and O–H groups in total. The Bertz CT molecular complexity index is 964. The smallest absolute Gasteiger partial charge is 0.276 e. The van der Waals surface area contributed by atoms with Crippen molar-refractivity contribution in [1.82, 2.24) is 15.1 Å². The third-order valence-corrected chi connectivity index (χ3v) is 5.52. The lowest BCUT2D eigenvalue weighted by Crippen LogP contribution is -2.61. The molecular formula is C20H21F2N3O5. The summed E-state index contributed by atoms with van der Waals surface area (Å²) in [5.74, 6) is -3.43. The molecule has 3 heterocycles. The van der Waals surface area contributed by atoms with Gasteiger partial charge < -0.3 is 30.1 Å². The molecule has 0 radical (unpaired) electrons. The van der Waals surface area contributed by atoms with Gasteiger partial charge in [-0.2, -0.15) is 0 Å². The molecule has 0 saturated carbocycles. The van der Waals surface area contributed by atoms with Gasteiger partial charge in [0.25, 0.3) is 11.8 Å². The molecule has 0 aliphatic carbocycles. The molecule has 10 heteroatoms. The van der Waals surface area contributed by atoms with Crippen LogP contribution in [-0.2, 0) is 20.9 Å². The monoisotopic (exact) mass is 421 g/mol. The lowest BCUT2D eigenvalue weighted by Gasteiger charge is -2.48. The van der Waals surface area contributed by atoms with Crippen LogP contribution in [0.2, 0.25) is 0 Å². The largest absolute Gasteiger partial charge is 0.507 e. The fraction of sp³-hybridized carbons (Fsp3) is 0.400. The maximum atomic E-state index is 13.8. The van der Waals surface area contributed by atoms with E-state index in [0.717, 1.165) is 6.07 Å². The van der Waals surface area contributed by atoms with Crippen LogP contribution >= 0.6 is 0 Å². The number of nitrogens with one attached hydrogen (secondary N) is 1. The van der Waals surface area contributed by atoms with Crippen molar-refractivity contribution < 1.29 is 33.3 Å². The van der Waals surface area contributed by atoms with Gasteiger partial charge in [0.1, 0.15) is 23.4 Å². The molecule has 4 rings (SSSR count). The molecule has 1 aromatic rings. The lowest BCUT2D eigenvalue weighted by atomic mass is 9.98.